The zero-order valence-electron chi connectivity index (χ0n) is 36.6. The zero-order chi connectivity index (χ0) is 44.0. The molecule has 1 unspecified atom stereocenters. The average molecular weight is 841 g/mol. The summed E-state index contributed by atoms with van der Waals surface area (Å²) in [6, 6.07) is 89.6. The summed E-state index contributed by atoms with van der Waals surface area (Å²) in [6.07, 6.45) is 0. The van der Waals surface area contributed by atoms with Gasteiger partial charge in [-0.2, -0.15) is 0 Å². The Morgan fingerprint density at radius 2 is 0.667 bits per heavy atom. The highest BCUT2D eigenvalue weighted by Crippen LogP contribution is 2.54. The zero-order valence-corrected chi connectivity index (χ0v) is 36.6. The second-order valence-electron chi connectivity index (χ2n) is 17.4. The number of nitrogens with zero attached hydrogens (tertiary/aromatic N) is 2. The molecular formula is C64H44N2. The maximum atomic E-state index is 5.27. The van der Waals surface area contributed by atoms with Crippen molar-refractivity contribution in [2.24, 2.45) is 0 Å². The molecule has 0 N–H and O–H groups in total. The highest BCUT2D eigenvalue weighted by Gasteiger charge is 2.41. The fourth-order valence-corrected chi connectivity index (χ4v) is 10.2. The average Bonchev–Trinajstić information content (AvgIpc) is 3.66. The summed E-state index contributed by atoms with van der Waals surface area (Å²) in [5.41, 5.74) is 20.7. The summed E-state index contributed by atoms with van der Waals surface area (Å²) in [5, 5.41) is 2.32. The third-order valence-electron chi connectivity index (χ3n) is 13.6. The molecule has 0 bridgehead atoms. The first-order valence-electron chi connectivity index (χ1n) is 22.7. The SMILES string of the molecule is CC1(c2ccccc2)c2cc(-c3ccccc3)ccc2-c2ccc(-c3ccc(-c4ccc(-c5cc(-c6ccccc6-c6ccccc6)nc(-c6ccccc6)n5)c5ccccc45)cc3)cc21. The molecule has 0 radical (unpaired) electrons. The van der Waals surface area contributed by atoms with Gasteiger partial charge in [-0.15, -0.1) is 0 Å². The van der Waals surface area contributed by atoms with Crippen molar-refractivity contribution in [2.45, 2.75) is 12.3 Å². The minimum atomic E-state index is -0.315. The van der Waals surface area contributed by atoms with Crippen molar-refractivity contribution < 1.29 is 0 Å². The molecule has 1 aliphatic carbocycles. The van der Waals surface area contributed by atoms with Gasteiger partial charge in [0.05, 0.1) is 11.4 Å². The van der Waals surface area contributed by atoms with E-state index in [2.05, 4.69) is 237 Å². The lowest BCUT2D eigenvalue weighted by Crippen LogP contribution is -2.22. The molecule has 0 saturated carbocycles. The summed E-state index contributed by atoms with van der Waals surface area (Å²) in [4.78, 5) is 10.5. The quantitative estimate of drug-likeness (QED) is 0.152. The van der Waals surface area contributed by atoms with E-state index >= 15 is 0 Å². The molecule has 0 saturated heterocycles. The molecule has 0 amide bonds. The van der Waals surface area contributed by atoms with Gasteiger partial charge >= 0.3 is 0 Å². The molecule has 0 fully saturated rings. The highest BCUT2D eigenvalue weighted by molar-refractivity contribution is 6.05. The van der Waals surface area contributed by atoms with Crippen LogP contribution in [-0.4, -0.2) is 9.97 Å². The van der Waals surface area contributed by atoms with Gasteiger partial charge in [-0.25, -0.2) is 9.97 Å². The van der Waals surface area contributed by atoms with Crippen LogP contribution in [0.2, 0.25) is 0 Å². The van der Waals surface area contributed by atoms with Gasteiger partial charge in [-0.05, 0) is 108 Å². The largest absolute Gasteiger partial charge is 0.228 e. The first kappa shape index (κ1) is 39.2. The number of hydrogen-bond acceptors (Lipinski definition) is 2. The lowest BCUT2D eigenvalue weighted by molar-refractivity contribution is 0.714. The number of rotatable bonds is 8. The second-order valence-corrected chi connectivity index (χ2v) is 17.4. The molecule has 1 aliphatic rings. The van der Waals surface area contributed by atoms with Gasteiger partial charge in [0.1, 0.15) is 0 Å². The van der Waals surface area contributed by atoms with Crippen molar-refractivity contribution in [3.8, 4) is 89.5 Å². The van der Waals surface area contributed by atoms with Gasteiger partial charge < -0.3 is 0 Å². The highest BCUT2D eigenvalue weighted by atomic mass is 14.9. The second kappa shape index (κ2) is 16.3. The van der Waals surface area contributed by atoms with E-state index in [1.165, 1.54) is 66.6 Å². The molecule has 66 heavy (non-hydrogen) atoms. The molecule has 1 aromatic heterocycles. The van der Waals surface area contributed by atoms with E-state index in [0.29, 0.717) is 5.82 Å². The Hall–Kier alpha value is -8.46. The molecule has 1 atom stereocenters. The van der Waals surface area contributed by atoms with Crippen LogP contribution in [-0.2, 0) is 5.41 Å². The molecular weight excluding hydrogens is 797 g/mol. The lowest BCUT2D eigenvalue weighted by Gasteiger charge is -2.29. The smallest absolute Gasteiger partial charge is 0.160 e. The summed E-state index contributed by atoms with van der Waals surface area (Å²) in [6.45, 7) is 2.40. The van der Waals surface area contributed by atoms with E-state index in [1.54, 1.807) is 0 Å². The Morgan fingerprint density at radius 3 is 1.27 bits per heavy atom. The summed E-state index contributed by atoms with van der Waals surface area (Å²) < 4.78 is 0. The van der Waals surface area contributed by atoms with Crippen LogP contribution in [0.15, 0.2) is 249 Å². The molecule has 11 aromatic rings. The normalized spacial score (nSPS) is 13.9. The van der Waals surface area contributed by atoms with E-state index in [1.807, 2.05) is 18.2 Å². The predicted octanol–water partition coefficient (Wildman–Crippen LogP) is 16.6. The van der Waals surface area contributed by atoms with Crippen LogP contribution in [0.25, 0.3) is 100 Å². The minimum absolute atomic E-state index is 0.315. The van der Waals surface area contributed by atoms with Gasteiger partial charge in [-0.1, -0.05) is 231 Å². The Bertz CT molecular complexity index is 3560. The fourth-order valence-electron chi connectivity index (χ4n) is 10.2. The summed E-state index contributed by atoms with van der Waals surface area (Å²) >= 11 is 0. The molecule has 2 nitrogen and oxygen atoms in total. The standard InChI is InChI=1S/C64H44N2/c1-64(50-24-12-5-13-25-50)59-40-48(43-18-6-2-7-19-43)34-36-55(59)56-37-35-49(41-60(56)64)44-30-32-46(33-31-44)52-38-39-58(54-28-16-15-27-53(52)54)62-42-61(65-63(66-62)47-22-10-4-11-23-47)57-29-17-14-26-51(57)45-20-8-3-9-21-45/h2-42H,1H3. The van der Waals surface area contributed by atoms with Crippen molar-refractivity contribution in [3.63, 3.8) is 0 Å². The van der Waals surface area contributed by atoms with Crippen LogP contribution in [0.1, 0.15) is 23.6 Å². The summed E-state index contributed by atoms with van der Waals surface area (Å²) in [5.74, 6) is 0.700. The van der Waals surface area contributed by atoms with E-state index in [4.69, 9.17) is 9.97 Å². The monoisotopic (exact) mass is 840 g/mol. The summed E-state index contributed by atoms with van der Waals surface area (Å²) in [7, 11) is 0. The molecule has 2 heteroatoms. The van der Waals surface area contributed by atoms with Crippen LogP contribution in [0.5, 0.6) is 0 Å². The van der Waals surface area contributed by atoms with Gasteiger partial charge in [-0.3, -0.25) is 0 Å². The van der Waals surface area contributed by atoms with Crippen LogP contribution < -0.4 is 0 Å². The van der Waals surface area contributed by atoms with Crippen molar-refractivity contribution in [1.82, 2.24) is 9.97 Å². The topological polar surface area (TPSA) is 25.8 Å². The minimum Gasteiger partial charge on any atom is -0.228 e. The Labute approximate surface area is 386 Å². The number of aromatic nitrogens is 2. The van der Waals surface area contributed by atoms with E-state index < -0.39 is 0 Å². The molecule has 12 rings (SSSR count). The third-order valence-corrected chi connectivity index (χ3v) is 13.6. The maximum absolute atomic E-state index is 5.27. The molecule has 310 valence electrons. The predicted molar refractivity (Wildman–Crippen MR) is 275 cm³/mol. The van der Waals surface area contributed by atoms with E-state index in [0.717, 1.165) is 44.6 Å². The number of fused-ring (bicyclic) bond motifs is 4. The first-order valence-corrected chi connectivity index (χ1v) is 22.7. The van der Waals surface area contributed by atoms with Crippen LogP contribution in [0.3, 0.4) is 0 Å². The van der Waals surface area contributed by atoms with Gasteiger partial charge in [0.2, 0.25) is 0 Å². The van der Waals surface area contributed by atoms with Gasteiger partial charge in [0, 0.05) is 22.1 Å². The maximum Gasteiger partial charge on any atom is 0.160 e. The number of hydrogen-bond donors (Lipinski definition) is 0. The Balaban J connectivity index is 0.928. The number of benzene rings is 10. The van der Waals surface area contributed by atoms with Crippen molar-refractivity contribution in [3.05, 3.63) is 265 Å². The molecule has 1 heterocycles. The van der Waals surface area contributed by atoms with Crippen LogP contribution in [0.4, 0.5) is 0 Å². The molecule has 10 aromatic carbocycles. The van der Waals surface area contributed by atoms with Gasteiger partial charge in [0.15, 0.2) is 5.82 Å². The first-order chi connectivity index (χ1) is 32.6. The molecule has 0 spiro atoms. The fraction of sp³-hybridized carbons (Fsp3) is 0.0312. The third kappa shape index (κ3) is 6.74. The Kier molecular flexibility index (Phi) is 9.65. The lowest BCUT2D eigenvalue weighted by atomic mass is 9.73. The van der Waals surface area contributed by atoms with Crippen LogP contribution >= 0.6 is 0 Å². The van der Waals surface area contributed by atoms with Crippen molar-refractivity contribution >= 4 is 10.8 Å². The van der Waals surface area contributed by atoms with Gasteiger partial charge in [0.25, 0.3) is 0 Å². The molecule has 0 aliphatic heterocycles. The van der Waals surface area contributed by atoms with Crippen molar-refractivity contribution in [2.75, 3.05) is 0 Å². The van der Waals surface area contributed by atoms with E-state index in [-0.39, 0.29) is 5.41 Å². The Morgan fingerprint density at radius 1 is 0.273 bits per heavy atom. The van der Waals surface area contributed by atoms with E-state index in [9.17, 15) is 0 Å². The van der Waals surface area contributed by atoms with Crippen molar-refractivity contribution in [1.29, 1.82) is 0 Å². The van der Waals surface area contributed by atoms with Crippen LogP contribution in [0, 0.1) is 0 Å².